The van der Waals surface area contributed by atoms with E-state index in [4.69, 9.17) is 5.21 Å². The molecule has 0 saturated heterocycles. The lowest BCUT2D eigenvalue weighted by Gasteiger charge is -2.18. The molecule has 140 valence electrons. The van der Waals surface area contributed by atoms with Crippen LogP contribution in [0.3, 0.4) is 0 Å². The van der Waals surface area contributed by atoms with E-state index < -0.39 is 28.9 Å². The van der Waals surface area contributed by atoms with Crippen LogP contribution in [0.25, 0.3) is 10.4 Å². The van der Waals surface area contributed by atoms with Crippen LogP contribution < -0.4 is 10.8 Å². The first-order valence-corrected chi connectivity index (χ1v) is 7.92. The van der Waals surface area contributed by atoms with Gasteiger partial charge in [-0.2, -0.15) is 0 Å². The lowest BCUT2D eigenvalue weighted by Crippen LogP contribution is -2.51. The standard InChI is InChI=1S/C15H15N3O6S.CH4/c1-8(19)13(15(21)17-22)16-14(20)12-6-5-11(25-12)9-3-2-4-10(7-9)18(23)24;/h2-8,13,19,22H,1H3,(H,16,20)(H,17,21);1H4/t8-,13+;/m1./s1. The van der Waals surface area contributed by atoms with Crippen LogP contribution in [0, 0.1) is 10.1 Å². The monoisotopic (exact) mass is 381 g/mol. The number of aliphatic hydroxyl groups excluding tert-OH is 1. The fraction of sp³-hybridized carbons (Fsp3) is 0.250. The minimum atomic E-state index is -1.32. The Bertz CT molecular complexity index is 805. The second kappa shape index (κ2) is 9.04. The van der Waals surface area contributed by atoms with Gasteiger partial charge in [0.05, 0.1) is 15.9 Å². The Morgan fingerprint density at radius 3 is 2.54 bits per heavy atom. The summed E-state index contributed by atoms with van der Waals surface area (Å²) in [5, 5.41) is 31.3. The summed E-state index contributed by atoms with van der Waals surface area (Å²) in [5.41, 5.74) is 1.89. The van der Waals surface area contributed by atoms with Crippen LogP contribution in [-0.4, -0.2) is 39.2 Å². The van der Waals surface area contributed by atoms with Crippen molar-refractivity contribution in [2.75, 3.05) is 0 Å². The molecule has 10 heteroatoms. The predicted octanol–water partition coefficient (Wildman–Crippen LogP) is 1.94. The van der Waals surface area contributed by atoms with Crippen molar-refractivity contribution in [3.63, 3.8) is 0 Å². The average molecular weight is 381 g/mol. The van der Waals surface area contributed by atoms with E-state index in [2.05, 4.69) is 5.32 Å². The van der Waals surface area contributed by atoms with E-state index in [0.717, 1.165) is 11.3 Å². The van der Waals surface area contributed by atoms with Crippen molar-refractivity contribution in [1.82, 2.24) is 10.8 Å². The number of hydrogen-bond acceptors (Lipinski definition) is 7. The molecule has 0 bridgehead atoms. The van der Waals surface area contributed by atoms with E-state index in [0.29, 0.717) is 10.4 Å². The van der Waals surface area contributed by atoms with Crippen molar-refractivity contribution < 1.29 is 24.8 Å². The summed E-state index contributed by atoms with van der Waals surface area (Å²) in [5.74, 6) is -1.56. The average Bonchev–Trinajstić information content (AvgIpc) is 3.08. The Labute approximate surface area is 153 Å². The Morgan fingerprint density at radius 1 is 1.27 bits per heavy atom. The predicted molar refractivity (Wildman–Crippen MR) is 96.0 cm³/mol. The Morgan fingerprint density at radius 2 is 1.96 bits per heavy atom. The number of hydrogen-bond donors (Lipinski definition) is 4. The highest BCUT2D eigenvalue weighted by atomic mass is 32.1. The number of rotatable bonds is 6. The summed E-state index contributed by atoms with van der Waals surface area (Å²) in [6, 6.07) is 7.80. The van der Waals surface area contributed by atoms with Gasteiger partial charge < -0.3 is 10.4 Å². The molecule has 0 saturated carbocycles. The molecule has 0 aliphatic carbocycles. The largest absolute Gasteiger partial charge is 0.391 e. The van der Waals surface area contributed by atoms with Crippen molar-refractivity contribution in [3.05, 3.63) is 51.4 Å². The normalized spacial score (nSPS) is 12.4. The van der Waals surface area contributed by atoms with Crippen molar-refractivity contribution in [2.24, 2.45) is 0 Å². The molecule has 0 radical (unpaired) electrons. The molecule has 1 heterocycles. The van der Waals surface area contributed by atoms with E-state index in [1.165, 1.54) is 30.6 Å². The van der Waals surface area contributed by atoms with Gasteiger partial charge in [-0.15, -0.1) is 11.3 Å². The van der Waals surface area contributed by atoms with Gasteiger partial charge in [0.25, 0.3) is 17.5 Å². The SMILES string of the molecule is C.C[C@@H](O)[C@H](NC(=O)c1ccc(-c2cccc([N+](=O)[O-])c2)s1)C(=O)NO. The van der Waals surface area contributed by atoms with E-state index >= 15 is 0 Å². The number of hydroxylamine groups is 1. The fourth-order valence-corrected chi connectivity index (χ4v) is 2.98. The highest BCUT2D eigenvalue weighted by molar-refractivity contribution is 7.17. The molecule has 2 rings (SSSR count). The van der Waals surface area contributed by atoms with Crippen molar-refractivity contribution >= 4 is 28.8 Å². The number of nitrogens with zero attached hydrogens (tertiary/aromatic N) is 1. The summed E-state index contributed by atoms with van der Waals surface area (Å²) in [6.45, 7) is 1.29. The third kappa shape index (κ3) is 4.85. The van der Waals surface area contributed by atoms with E-state index in [1.54, 1.807) is 18.2 Å². The topological polar surface area (TPSA) is 142 Å². The lowest BCUT2D eigenvalue weighted by atomic mass is 10.1. The third-order valence-electron chi connectivity index (χ3n) is 3.33. The van der Waals surface area contributed by atoms with Crippen LogP contribution in [0.4, 0.5) is 5.69 Å². The number of non-ortho nitro benzene ring substituents is 1. The number of amides is 2. The molecule has 1 aromatic carbocycles. The summed E-state index contributed by atoms with van der Waals surface area (Å²) in [4.78, 5) is 34.9. The number of nitrogens with one attached hydrogen (secondary N) is 2. The third-order valence-corrected chi connectivity index (χ3v) is 4.47. The number of benzene rings is 1. The zero-order valence-corrected chi connectivity index (χ0v) is 13.8. The van der Waals surface area contributed by atoms with Gasteiger partial charge in [0.15, 0.2) is 0 Å². The zero-order chi connectivity index (χ0) is 18.6. The molecule has 0 aliphatic rings. The zero-order valence-electron chi connectivity index (χ0n) is 13.0. The van der Waals surface area contributed by atoms with Gasteiger partial charge in [-0.3, -0.25) is 24.9 Å². The Balaban J connectivity index is 0.00000338. The molecule has 0 fully saturated rings. The first kappa shape index (κ1) is 21.2. The summed E-state index contributed by atoms with van der Waals surface area (Å²) in [7, 11) is 0. The minimum absolute atomic E-state index is 0. The number of carbonyl (C=O) groups excluding carboxylic acids is 2. The van der Waals surface area contributed by atoms with Gasteiger partial charge in [-0.05, 0) is 24.6 Å². The number of aliphatic hydroxyl groups is 1. The second-order valence-electron chi connectivity index (χ2n) is 5.14. The van der Waals surface area contributed by atoms with Crippen LogP contribution in [0.5, 0.6) is 0 Å². The molecule has 0 aliphatic heterocycles. The van der Waals surface area contributed by atoms with Crippen LogP contribution in [0.15, 0.2) is 36.4 Å². The molecule has 4 N–H and O–H groups in total. The number of nitro groups is 1. The fourth-order valence-electron chi connectivity index (χ4n) is 2.07. The molecule has 0 unspecified atom stereocenters. The summed E-state index contributed by atoms with van der Waals surface area (Å²) < 4.78 is 0. The molecular weight excluding hydrogens is 362 g/mol. The quantitative estimate of drug-likeness (QED) is 0.342. The summed E-state index contributed by atoms with van der Waals surface area (Å²) >= 11 is 1.08. The van der Waals surface area contributed by atoms with Crippen LogP contribution >= 0.6 is 11.3 Å². The van der Waals surface area contributed by atoms with Crippen LogP contribution in [0.2, 0.25) is 0 Å². The van der Waals surface area contributed by atoms with E-state index in [-0.39, 0.29) is 18.0 Å². The van der Waals surface area contributed by atoms with Gasteiger partial charge in [-0.1, -0.05) is 19.6 Å². The molecule has 2 atom stereocenters. The molecule has 9 nitrogen and oxygen atoms in total. The summed E-state index contributed by atoms with van der Waals surface area (Å²) in [6.07, 6.45) is -1.22. The van der Waals surface area contributed by atoms with Crippen molar-refractivity contribution in [1.29, 1.82) is 0 Å². The van der Waals surface area contributed by atoms with Crippen molar-refractivity contribution in [3.8, 4) is 10.4 Å². The maximum Gasteiger partial charge on any atom is 0.270 e. The smallest absolute Gasteiger partial charge is 0.270 e. The molecule has 2 amide bonds. The minimum Gasteiger partial charge on any atom is -0.391 e. The van der Waals surface area contributed by atoms with E-state index in [9.17, 15) is 24.8 Å². The molecule has 2 aromatic rings. The van der Waals surface area contributed by atoms with Crippen molar-refractivity contribution in [2.45, 2.75) is 26.5 Å². The van der Waals surface area contributed by atoms with Crippen LogP contribution in [-0.2, 0) is 4.79 Å². The Hall–Kier alpha value is -2.82. The Kier molecular flexibility index (Phi) is 7.38. The van der Waals surface area contributed by atoms with Gasteiger partial charge in [0.1, 0.15) is 6.04 Å². The van der Waals surface area contributed by atoms with Gasteiger partial charge in [0, 0.05) is 17.0 Å². The number of nitro benzene ring substituents is 1. The van der Waals surface area contributed by atoms with Gasteiger partial charge in [-0.25, -0.2) is 5.48 Å². The van der Waals surface area contributed by atoms with Crippen LogP contribution in [0.1, 0.15) is 24.0 Å². The molecule has 0 spiro atoms. The number of thiophene rings is 1. The maximum absolute atomic E-state index is 12.2. The van der Waals surface area contributed by atoms with E-state index in [1.807, 2.05) is 0 Å². The van der Waals surface area contributed by atoms with Gasteiger partial charge >= 0.3 is 0 Å². The maximum atomic E-state index is 12.2. The highest BCUT2D eigenvalue weighted by Crippen LogP contribution is 2.30. The lowest BCUT2D eigenvalue weighted by molar-refractivity contribution is -0.384. The first-order valence-electron chi connectivity index (χ1n) is 7.11. The number of carbonyl (C=O) groups is 2. The first-order chi connectivity index (χ1) is 11.8. The molecule has 26 heavy (non-hydrogen) atoms. The van der Waals surface area contributed by atoms with Gasteiger partial charge in [0.2, 0.25) is 0 Å². The molecular formula is C16H19N3O6S. The second-order valence-corrected chi connectivity index (χ2v) is 6.22. The molecule has 1 aromatic heterocycles. The highest BCUT2D eigenvalue weighted by Gasteiger charge is 2.26.